The lowest BCUT2D eigenvalue weighted by atomic mass is 9.87. The molecule has 34 heavy (non-hydrogen) atoms. The number of ether oxygens (including phenoxy) is 1. The second kappa shape index (κ2) is 10.2. The van der Waals surface area contributed by atoms with Crippen molar-refractivity contribution in [2.45, 2.75) is 52.8 Å². The molecule has 2 amide bonds. The molecule has 6 nitrogen and oxygen atoms in total. The fraction of sp³-hybridized carbons (Fsp3) is 0.357. The number of benzene rings is 2. The van der Waals surface area contributed by atoms with Crippen molar-refractivity contribution < 1.29 is 18.7 Å². The highest BCUT2D eigenvalue weighted by Crippen LogP contribution is 2.38. The molecule has 0 saturated carbocycles. The van der Waals surface area contributed by atoms with Gasteiger partial charge >= 0.3 is 0 Å². The van der Waals surface area contributed by atoms with Gasteiger partial charge in [0, 0.05) is 18.5 Å². The molecule has 4 rings (SSSR count). The molecule has 0 spiro atoms. The van der Waals surface area contributed by atoms with E-state index in [1.807, 2.05) is 62.9 Å². The molecule has 2 aromatic carbocycles. The predicted octanol–water partition coefficient (Wildman–Crippen LogP) is 5.13. The Kier molecular flexibility index (Phi) is 7.06. The number of rotatable bonds is 7. The molecule has 1 aliphatic heterocycles. The number of furan rings is 1. The third-order valence-corrected chi connectivity index (χ3v) is 5.92. The Morgan fingerprint density at radius 3 is 2.53 bits per heavy atom. The Hall–Kier alpha value is -3.54. The average Bonchev–Trinajstić information content (AvgIpc) is 3.31. The van der Waals surface area contributed by atoms with E-state index < -0.39 is 0 Å². The zero-order chi connectivity index (χ0) is 24.2. The number of carbonyl (C=O) groups is 2. The fourth-order valence-corrected chi connectivity index (χ4v) is 4.31. The molecule has 1 atom stereocenters. The van der Waals surface area contributed by atoms with Crippen molar-refractivity contribution in [1.82, 2.24) is 10.2 Å². The largest absolute Gasteiger partial charge is 0.486 e. The van der Waals surface area contributed by atoms with Gasteiger partial charge in [-0.15, -0.1) is 0 Å². The third-order valence-electron chi connectivity index (χ3n) is 5.92. The summed E-state index contributed by atoms with van der Waals surface area (Å²) in [5, 5.41) is 2.82. The van der Waals surface area contributed by atoms with Crippen molar-refractivity contribution in [3.05, 3.63) is 88.9 Å². The van der Waals surface area contributed by atoms with Gasteiger partial charge in [0.25, 0.3) is 5.91 Å². The first-order chi connectivity index (χ1) is 16.3. The molecule has 2 heterocycles. The van der Waals surface area contributed by atoms with Crippen LogP contribution in [0.25, 0.3) is 0 Å². The first-order valence-corrected chi connectivity index (χ1v) is 11.8. The van der Waals surface area contributed by atoms with E-state index in [0.717, 1.165) is 17.5 Å². The molecular weight excluding hydrogens is 428 g/mol. The van der Waals surface area contributed by atoms with E-state index in [9.17, 15) is 9.59 Å². The molecule has 1 unspecified atom stereocenters. The van der Waals surface area contributed by atoms with Crippen molar-refractivity contribution in [3.8, 4) is 5.75 Å². The van der Waals surface area contributed by atoms with E-state index in [-0.39, 0.29) is 42.2 Å². The van der Waals surface area contributed by atoms with Crippen molar-refractivity contribution in [2.75, 3.05) is 6.54 Å². The van der Waals surface area contributed by atoms with E-state index in [1.54, 1.807) is 12.1 Å². The van der Waals surface area contributed by atoms with Crippen LogP contribution < -0.4 is 10.1 Å². The van der Waals surface area contributed by atoms with Gasteiger partial charge in [-0.1, -0.05) is 50.2 Å². The molecule has 1 aliphatic rings. The van der Waals surface area contributed by atoms with E-state index in [0.29, 0.717) is 18.1 Å². The van der Waals surface area contributed by atoms with Crippen molar-refractivity contribution >= 4 is 11.8 Å². The van der Waals surface area contributed by atoms with Crippen molar-refractivity contribution in [3.63, 3.8) is 0 Å². The van der Waals surface area contributed by atoms with Crippen molar-refractivity contribution in [2.24, 2.45) is 5.92 Å². The topological polar surface area (TPSA) is 71.8 Å². The zero-order valence-corrected chi connectivity index (χ0v) is 20.2. The second-order valence-electron chi connectivity index (χ2n) is 9.29. The number of fused-ring (bicyclic) bond motifs is 1. The van der Waals surface area contributed by atoms with E-state index in [1.165, 1.54) is 5.56 Å². The first kappa shape index (κ1) is 23.6. The van der Waals surface area contributed by atoms with Crippen LogP contribution in [0.4, 0.5) is 0 Å². The quantitative estimate of drug-likeness (QED) is 0.531. The number of nitrogens with one attached hydrogen (secondary N) is 1. The van der Waals surface area contributed by atoms with E-state index in [2.05, 4.69) is 23.5 Å². The van der Waals surface area contributed by atoms with Crippen LogP contribution in [0, 0.1) is 5.92 Å². The van der Waals surface area contributed by atoms with Gasteiger partial charge in [0.1, 0.15) is 18.1 Å². The summed E-state index contributed by atoms with van der Waals surface area (Å²) in [7, 11) is 0. The number of amides is 2. The number of hydrogen-bond acceptors (Lipinski definition) is 4. The minimum absolute atomic E-state index is 0.0347. The van der Waals surface area contributed by atoms with Crippen LogP contribution in [0.2, 0.25) is 0 Å². The average molecular weight is 461 g/mol. The van der Waals surface area contributed by atoms with Gasteiger partial charge in [0.15, 0.2) is 5.76 Å². The molecular formula is C28H32N2O4. The van der Waals surface area contributed by atoms with E-state index >= 15 is 0 Å². The summed E-state index contributed by atoms with van der Waals surface area (Å²) in [4.78, 5) is 27.2. The molecule has 0 radical (unpaired) electrons. The van der Waals surface area contributed by atoms with Crippen LogP contribution in [0.15, 0.2) is 65.1 Å². The van der Waals surface area contributed by atoms with Crippen molar-refractivity contribution in [1.29, 1.82) is 0 Å². The van der Waals surface area contributed by atoms with Crippen LogP contribution in [-0.2, 0) is 17.8 Å². The van der Waals surface area contributed by atoms with Gasteiger partial charge in [-0.25, -0.2) is 0 Å². The van der Waals surface area contributed by atoms with Gasteiger partial charge in [0.2, 0.25) is 5.91 Å². The summed E-state index contributed by atoms with van der Waals surface area (Å²) in [6.45, 7) is 8.59. The zero-order valence-electron chi connectivity index (χ0n) is 20.2. The smallest absolute Gasteiger partial charge is 0.287 e. The third kappa shape index (κ3) is 5.16. The lowest BCUT2D eigenvalue weighted by Gasteiger charge is -2.39. The minimum Gasteiger partial charge on any atom is -0.486 e. The lowest BCUT2D eigenvalue weighted by molar-refractivity contribution is -0.136. The van der Waals surface area contributed by atoms with Crippen LogP contribution in [0.5, 0.6) is 5.75 Å². The lowest BCUT2D eigenvalue weighted by Crippen LogP contribution is -2.42. The summed E-state index contributed by atoms with van der Waals surface area (Å²) in [6, 6.07) is 19.5. The second-order valence-corrected chi connectivity index (χ2v) is 9.29. The van der Waals surface area contributed by atoms with Gasteiger partial charge in [-0.3, -0.25) is 9.59 Å². The Balaban J connectivity index is 1.57. The molecule has 1 aromatic heterocycles. The molecule has 0 saturated heterocycles. The molecule has 6 heteroatoms. The molecule has 0 fully saturated rings. The summed E-state index contributed by atoms with van der Waals surface area (Å²) >= 11 is 0. The summed E-state index contributed by atoms with van der Waals surface area (Å²) in [5.41, 5.74) is 3.39. The Morgan fingerprint density at radius 1 is 1.06 bits per heavy atom. The Bertz CT molecular complexity index is 1150. The van der Waals surface area contributed by atoms with Crippen LogP contribution in [0.3, 0.4) is 0 Å². The van der Waals surface area contributed by atoms with Crippen LogP contribution >= 0.6 is 0 Å². The minimum atomic E-state index is -0.240. The van der Waals surface area contributed by atoms with Gasteiger partial charge in [-0.2, -0.15) is 0 Å². The van der Waals surface area contributed by atoms with Crippen LogP contribution in [0.1, 0.15) is 66.7 Å². The van der Waals surface area contributed by atoms with Gasteiger partial charge in [0.05, 0.1) is 6.04 Å². The molecule has 3 aromatic rings. The Morgan fingerprint density at radius 2 is 1.82 bits per heavy atom. The Labute approximate surface area is 200 Å². The molecule has 1 N–H and O–H groups in total. The predicted molar refractivity (Wildman–Crippen MR) is 131 cm³/mol. The standard InChI is InChI=1S/C28H32N2O4/c1-18(2)28(32)30-15-14-20-10-11-22(16-24(20)26(30)21-8-6-5-7-9-21)33-17-23-12-13-25(34-23)27(31)29-19(3)4/h5-13,16,18-19,26H,14-15,17H2,1-4H3,(H,29,31). The number of hydrogen-bond donors (Lipinski definition) is 1. The monoisotopic (exact) mass is 460 g/mol. The summed E-state index contributed by atoms with van der Waals surface area (Å²) in [6.07, 6.45) is 0.809. The summed E-state index contributed by atoms with van der Waals surface area (Å²) < 4.78 is 11.7. The van der Waals surface area contributed by atoms with E-state index in [4.69, 9.17) is 9.15 Å². The highest BCUT2D eigenvalue weighted by Gasteiger charge is 2.33. The summed E-state index contributed by atoms with van der Waals surface area (Å²) in [5.74, 6) is 1.37. The normalized spacial score (nSPS) is 15.4. The molecule has 178 valence electrons. The first-order valence-electron chi connectivity index (χ1n) is 11.8. The van der Waals surface area contributed by atoms with Gasteiger partial charge < -0.3 is 19.4 Å². The molecule has 0 aliphatic carbocycles. The SMILES string of the molecule is CC(C)NC(=O)c1ccc(COc2ccc3c(c2)C(c2ccccc2)N(C(=O)C(C)C)CC3)o1. The maximum atomic E-state index is 13.1. The maximum absolute atomic E-state index is 13.1. The highest BCUT2D eigenvalue weighted by atomic mass is 16.5. The maximum Gasteiger partial charge on any atom is 0.287 e. The van der Waals surface area contributed by atoms with Crippen LogP contribution in [-0.4, -0.2) is 29.3 Å². The molecule has 0 bridgehead atoms. The number of carbonyl (C=O) groups excluding carboxylic acids is 2. The number of nitrogens with zero attached hydrogens (tertiary/aromatic N) is 1. The highest BCUT2D eigenvalue weighted by molar-refractivity contribution is 5.91. The fourth-order valence-electron chi connectivity index (χ4n) is 4.31. The van der Waals surface area contributed by atoms with Gasteiger partial charge in [-0.05, 0) is 61.2 Å².